The molecule has 0 aliphatic heterocycles. The first kappa shape index (κ1) is 24.0. The summed E-state index contributed by atoms with van der Waals surface area (Å²) in [5.74, 6) is -1.09. The Labute approximate surface area is 195 Å². The summed E-state index contributed by atoms with van der Waals surface area (Å²) < 4.78 is 0. The maximum Gasteiger partial charge on any atom is 0.314 e. The Bertz CT molecular complexity index is 1290. The second-order valence-electron chi connectivity index (χ2n) is 7.23. The van der Waals surface area contributed by atoms with Crippen molar-refractivity contribution in [3.05, 3.63) is 42.0 Å². The molecule has 0 aliphatic carbocycles. The predicted octanol–water partition coefficient (Wildman–Crippen LogP) is 1.67. The van der Waals surface area contributed by atoms with Crippen molar-refractivity contribution >= 4 is 46.3 Å². The third kappa shape index (κ3) is 5.21. The van der Waals surface area contributed by atoms with E-state index in [9.17, 15) is 9.59 Å². The lowest BCUT2D eigenvalue weighted by molar-refractivity contribution is -0.144. The zero-order chi connectivity index (χ0) is 24.7. The fourth-order valence-electron chi connectivity index (χ4n) is 3.17. The molecule has 0 fully saturated rings. The van der Waals surface area contributed by atoms with Gasteiger partial charge in [0.25, 0.3) is 0 Å². The molecule has 0 aromatic carbocycles. The van der Waals surface area contributed by atoms with Gasteiger partial charge in [-0.3, -0.25) is 24.7 Å². The van der Waals surface area contributed by atoms with Crippen molar-refractivity contribution in [2.75, 3.05) is 18.1 Å². The summed E-state index contributed by atoms with van der Waals surface area (Å²) >= 11 is 0. The number of hydrogen-bond donors (Lipinski definition) is 3. The summed E-state index contributed by atoms with van der Waals surface area (Å²) in [6.45, 7) is 3.65. The fraction of sp³-hybridized carbons (Fsp3) is 0.273. The standard InChI is InChI=1S/C22H24N10O2/c1-4-7-26-20(25-3)13(2)32(12-15-6-5-14(8-23)9-27-15)22(34)21(33)30-17-11-28-19(24)16-10-29-31-18(16)17/h5-7,9-11,13H,4,12H2,1-3H3,(H2,24,28)(H,29,31)(H,30,33). The van der Waals surface area contributed by atoms with Crippen molar-refractivity contribution in [1.82, 2.24) is 25.1 Å². The Balaban J connectivity index is 1.91. The van der Waals surface area contributed by atoms with Gasteiger partial charge in [0.1, 0.15) is 17.7 Å². The molecule has 34 heavy (non-hydrogen) atoms. The molecule has 12 nitrogen and oxygen atoms in total. The van der Waals surface area contributed by atoms with E-state index in [2.05, 4.69) is 35.5 Å². The molecule has 3 heterocycles. The number of hydrogen-bond acceptors (Lipinski definition) is 8. The van der Waals surface area contributed by atoms with Crippen molar-refractivity contribution in [3.8, 4) is 6.07 Å². The van der Waals surface area contributed by atoms with Crippen LogP contribution >= 0.6 is 0 Å². The summed E-state index contributed by atoms with van der Waals surface area (Å²) in [5.41, 5.74) is 7.42. The minimum absolute atomic E-state index is 0.000744. The number of nitrogens with two attached hydrogens (primary N) is 1. The SMILES string of the molecule is CCC=NC(=NC)C(C)N(Cc1ccc(C#N)cn1)C(=O)C(=O)Nc1cnc(N)c2cn[nH]c12. The number of fused-ring (bicyclic) bond motifs is 1. The molecule has 1 unspecified atom stereocenters. The van der Waals surface area contributed by atoms with E-state index in [0.29, 0.717) is 34.4 Å². The van der Waals surface area contributed by atoms with Crippen LogP contribution in [0, 0.1) is 11.3 Å². The van der Waals surface area contributed by atoms with Crippen LogP contribution in [-0.2, 0) is 16.1 Å². The van der Waals surface area contributed by atoms with Crippen molar-refractivity contribution in [3.63, 3.8) is 0 Å². The summed E-state index contributed by atoms with van der Waals surface area (Å²) in [7, 11) is 1.57. The Morgan fingerprint density at radius 2 is 2.12 bits per heavy atom. The van der Waals surface area contributed by atoms with Gasteiger partial charge in [-0.1, -0.05) is 6.92 Å². The molecular weight excluding hydrogens is 436 g/mol. The molecule has 0 bridgehead atoms. The largest absolute Gasteiger partial charge is 0.383 e. The van der Waals surface area contributed by atoms with E-state index < -0.39 is 17.9 Å². The summed E-state index contributed by atoms with van der Waals surface area (Å²) in [5, 5.41) is 18.8. The lowest BCUT2D eigenvalue weighted by Gasteiger charge is -2.28. The first-order chi connectivity index (χ1) is 16.4. The number of nitrogens with one attached hydrogen (secondary N) is 2. The number of nitrogens with zero attached hydrogens (tertiary/aromatic N) is 7. The molecule has 0 spiro atoms. The molecule has 4 N–H and O–H groups in total. The number of aliphatic imine (C=N–C) groups is 2. The molecule has 0 saturated heterocycles. The normalized spacial score (nSPS) is 12.5. The number of carbonyl (C=O) groups is 2. The lowest BCUT2D eigenvalue weighted by atomic mass is 10.2. The number of amides is 2. The number of rotatable bonds is 6. The zero-order valence-corrected chi connectivity index (χ0v) is 19.0. The van der Waals surface area contributed by atoms with Gasteiger partial charge in [-0.15, -0.1) is 0 Å². The highest BCUT2D eigenvalue weighted by Gasteiger charge is 2.30. The summed E-state index contributed by atoms with van der Waals surface area (Å²) in [6, 6.07) is 4.58. The molecule has 174 valence electrons. The van der Waals surface area contributed by atoms with Gasteiger partial charge in [0, 0.05) is 19.5 Å². The van der Waals surface area contributed by atoms with E-state index in [-0.39, 0.29) is 18.1 Å². The van der Waals surface area contributed by atoms with Crippen LogP contribution in [0.15, 0.2) is 40.7 Å². The van der Waals surface area contributed by atoms with Gasteiger partial charge in [-0.2, -0.15) is 10.4 Å². The average Bonchev–Trinajstić information content (AvgIpc) is 3.36. The Morgan fingerprint density at radius 3 is 2.76 bits per heavy atom. The number of aromatic nitrogens is 4. The highest BCUT2D eigenvalue weighted by molar-refractivity contribution is 6.40. The Hall–Kier alpha value is -4.66. The van der Waals surface area contributed by atoms with E-state index in [4.69, 9.17) is 11.0 Å². The van der Waals surface area contributed by atoms with Gasteiger partial charge < -0.3 is 16.0 Å². The molecule has 2 amide bonds. The monoisotopic (exact) mass is 460 g/mol. The number of amidine groups is 1. The third-order valence-corrected chi connectivity index (χ3v) is 4.98. The van der Waals surface area contributed by atoms with Crippen molar-refractivity contribution < 1.29 is 9.59 Å². The number of aromatic amines is 1. The van der Waals surface area contributed by atoms with Gasteiger partial charge >= 0.3 is 11.8 Å². The van der Waals surface area contributed by atoms with Crippen LogP contribution in [0.1, 0.15) is 31.5 Å². The Kier molecular flexibility index (Phi) is 7.60. The van der Waals surface area contributed by atoms with Gasteiger partial charge in [0.2, 0.25) is 0 Å². The van der Waals surface area contributed by atoms with Gasteiger partial charge in [-0.05, 0) is 25.5 Å². The van der Waals surface area contributed by atoms with Crippen LogP contribution in [0.5, 0.6) is 0 Å². The minimum Gasteiger partial charge on any atom is -0.383 e. The van der Waals surface area contributed by atoms with Crippen molar-refractivity contribution in [1.29, 1.82) is 5.26 Å². The van der Waals surface area contributed by atoms with Crippen LogP contribution in [0.25, 0.3) is 10.9 Å². The van der Waals surface area contributed by atoms with Crippen molar-refractivity contribution in [2.24, 2.45) is 9.98 Å². The smallest absolute Gasteiger partial charge is 0.314 e. The fourth-order valence-corrected chi connectivity index (χ4v) is 3.17. The number of anilines is 2. The molecule has 3 aromatic rings. The first-order valence-corrected chi connectivity index (χ1v) is 10.4. The Morgan fingerprint density at radius 1 is 1.32 bits per heavy atom. The maximum atomic E-state index is 13.3. The molecule has 12 heteroatoms. The van der Waals surface area contributed by atoms with Gasteiger partial charge in [0.05, 0.1) is 52.8 Å². The molecule has 1 atom stereocenters. The van der Waals surface area contributed by atoms with Gasteiger partial charge in [0.15, 0.2) is 0 Å². The predicted molar refractivity (Wildman–Crippen MR) is 128 cm³/mol. The number of nitrogen functional groups attached to an aromatic ring is 1. The second kappa shape index (κ2) is 10.8. The summed E-state index contributed by atoms with van der Waals surface area (Å²) in [4.78, 5) is 44.4. The van der Waals surface area contributed by atoms with Crippen LogP contribution in [0.3, 0.4) is 0 Å². The molecule has 3 rings (SSSR count). The maximum absolute atomic E-state index is 13.3. The molecule has 0 aliphatic rings. The van der Waals surface area contributed by atoms with Crippen LogP contribution in [0.2, 0.25) is 0 Å². The van der Waals surface area contributed by atoms with E-state index >= 15 is 0 Å². The van der Waals surface area contributed by atoms with E-state index in [0.717, 1.165) is 0 Å². The van der Waals surface area contributed by atoms with Crippen LogP contribution in [-0.4, -0.2) is 62.0 Å². The number of carbonyl (C=O) groups excluding carboxylic acids is 2. The van der Waals surface area contributed by atoms with E-state index in [1.54, 1.807) is 32.3 Å². The highest BCUT2D eigenvalue weighted by atomic mass is 16.2. The quantitative estimate of drug-likeness (QED) is 0.284. The lowest BCUT2D eigenvalue weighted by Crippen LogP contribution is -2.47. The summed E-state index contributed by atoms with van der Waals surface area (Å²) in [6.07, 6.45) is 6.59. The molecular formula is C22H24N10O2. The first-order valence-electron chi connectivity index (χ1n) is 10.4. The number of nitriles is 1. The zero-order valence-electron chi connectivity index (χ0n) is 19.0. The molecule has 0 radical (unpaired) electrons. The minimum atomic E-state index is -0.891. The number of pyridine rings is 2. The van der Waals surface area contributed by atoms with Gasteiger partial charge in [-0.25, -0.2) is 9.98 Å². The van der Waals surface area contributed by atoms with E-state index in [1.807, 2.05) is 13.0 Å². The van der Waals surface area contributed by atoms with Crippen LogP contribution < -0.4 is 11.1 Å². The number of H-pyrrole nitrogens is 1. The topological polar surface area (TPSA) is 178 Å². The molecule has 0 saturated carbocycles. The third-order valence-electron chi connectivity index (χ3n) is 4.98. The highest BCUT2D eigenvalue weighted by Crippen LogP contribution is 2.24. The van der Waals surface area contributed by atoms with E-state index in [1.165, 1.54) is 23.5 Å². The van der Waals surface area contributed by atoms with Crippen molar-refractivity contribution in [2.45, 2.75) is 32.9 Å². The average molecular weight is 461 g/mol. The molecule has 3 aromatic heterocycles. The second-order valence-corrected chi connectivity index (χ2v) is 7.23. The van der Waals surface area contributed by atoms with Crippen LogP contribution in [0.4, 0.5) is 11.5 Å².